The summed E-state index contributed by atoms with van der Waals surface area (Å²) in [5.41, 5.74) is 5.21. The molecule has 0 saturated carbocycles. The number of aryl methyl sites for hydroxylation is 3. The summed E-state index contributed by atoms with van der Waals surface area (Å²) in [6.45, 7) is 6.63. The number of nitrogens with one attached hydrogen (secondary N) is 1. The highest BCUT2D eigenvalue weighted by molar-refractivity contribution is 7.12. The number of benzene rings is 1. The van der Waals surface area contributed by atoms with Gasteiger partial charge in [0.25, 0.3) is 5.91 Å². The van der Waals surface area contributed by atoms with Gasteiger partial charge in [0, 0.05) is 23.6 Å². The van der Waals surface area contributed by atoms with Gasteiger partial charge in [0.2, 0.25) is 0 Å². The molecule has 4 nitrogen and oxygen atoms in total. The van der Waals surface area contributed by atoms with Crippen LogP contribution >= 0.6 is 11.3 Å². The number of pyridine rings is 1. The van der Waals surface area contributed by atoms with Crippen LogP contribution in [0.2, 0.25) is 0 Å². The summed E-state index contributed by atoms with van der Waals surface area (Å²) in [6, 6.07) is 9.63. The SMILES string of the molecule is Cc1cc(C)c(OCc2csc(C(=O)Nc3ccncc3)c2)c(C)c1. The number of hydrogen-bond acceptors (Lipinski definition) is 4. The molecule has 1 aromatic carbocycles. The molecule has 0 aliphatic rings. The first kappa shape index (κ1) is 17.2. The number of hydrogen-bond donors (Lipinski definition) is 1. The molecule has 0 aliphatic heterocycles. The summed E-state index contributed by atoms with van der Waals surface area (Å²) in [5.74, 6) is 0.796. The molecule has 2 aromatic heterocycles. The molecule has 0 aliphatic carbocycles. The molecule has 0 radical (unpaired) electrons. The van der Waals surface area contributed by atoms with E-state index in [1.807, 2.05) is 11.4 Å². The number of carbonyl (C=O) groups excluding carboxylic acids is 1. The van der Waals surface area contributed by atoms with E-state index in [9.17, 15) is 4.79 Å². The lowest BCUT2D eigenvalue weighted by Crippen LogP contribution is -2.10. The zero-order chi connectivity index (χ0) is 17.8. The molecule has 128 valence electrons. The second kappa shape index (κ2) is 7.49. The third-order valence-corrected chi connectivity index (χ3v) is 4.78. The molecule has 0 bridgehead atoms. The van der Waals surface area contributed by atoms with Crippen molar-refractivity contribution in [2.45, 2.75) is 27.4 Å². The van der Waals surface area contributed by atoms with Crippen LogP contribution in [0.5, 0.6) is 5.75 Å². The molecular formula is C20H20N2O2S. The molecule has 3 rings (SSSR count). The Balaban J connectivity index is 1.65. The van der Waals surface area contributed by atoms with Crippen LogP contribution < -0.4 is 10.1 Å². The van der Waals surface area contributed by atoms with Crippen molar-refractivity contribution in [3.63, 3.8) is 0 Å². The van der Waals surface area contributed by atoms with Gasteiger partial charge in [-0.3, -0.25) is 9.78 Å². The van der Waals surface area contributed by atoms with E-state index < -0.39 is 0 Å². The van der Waals surface area contributed by atoms with Crippen molar-refractivity contribution in [1.82, 2.24) is 4.98 Å². The quantitative estimate of drug-likeness (QED) is 0.710. The van der Waals surface area contributed by atoms with Gasteiger partial charge in [0.15, 0.2) is 0 Å². The lowest BCUT2D eigenvalue weighted by atomic mass is 10.1. The Labute approximate surface area is 151 Å². The number of rotatable bonds is 5. The molecule has 0 saturated heterocycles. The van der Waals surface area contributed by atoms with Gasteiger partial charge in [-0.1, -0.05) is 17.7 Å². The number of thiophene rings is 1. The number of amides is 1. The average molecular weight is 352 g/mol. The topological polar surface area (TPSA) is 51.2 Å². The monoisotopic (exact) mass is 352 g/mol. The lowest BCUT2D eigenvalue weighted by Gasteiger charge is -2.12. The van der Waals surface area contributed by atoms with E-state index in [1.54, 1.807) is 24.5 Å². The van der Waals surface area contributed by atoms with Gasteiger partial charge in [0.1, 0.15) is 12.4 Å². The minimum Gasteiger partial charge on any atom is -0.488 e. The van der Waals surface area contributed by atoms with Crippen molar-refractivity contribution >= 4 is 22.9 Å². The van der Waals surface area contributed by atoms with Crippen LogP contribution in [0, 0.1) is 20.8 Å². The summed E-state index contributed by atoms with van der Waals surface area (Å²) in [4.78, 5) is 16.9. The molecule has 0 atom stereocenters. The highest BCUT2D eigenvalue weighted by Gasteiger charge is 2.11. The zero-order valence-corrected chi connectivity index (χ0v) is 15.3. The fourth-order valence-electron chi connectivity index (χ4n) is 2.75. The molecule has 0 unspecified atom stereocenters. The number of anilines is 1. The van der Waals surface area contributed by atoms with E-state index in [4.69, 9.17) is 4.74 Å². The Kier molecular flexibility index (Phi) is 5.14. The van der Waals surface area contributed by atoms with Crippen LogP contribution in [0.25, 0.3) is 0 Å². The van der Waals surface area contributed by atoms with Gasteiger partial charge in [-0.05, 0) is 55.5 Å². The van der Waals surface area contributed by atoms with Crippen molar-refractivity contribution in [2.24, 2.45) is 0 Å². The van der Waals surface area contributed by atoms with Crippen molar-refractivity contribution in [1.29, 1.82) is 0 Å². The number of aromatic nitrogens is 1. The third kappa shape index (κ3) is 4.25. The zero-order valence-electron chi connectivity index (χ0n) is 14.5. The predicted molar refractivity (Wildman–Crippen MR) is 101 cm³/mol. The minimum atomic E-state index is -0.120. The highest BCUT2D eigenvalue weighted by Crippen LogP contribution is 2.26. The third-order valence-electron chi connectivity index (χ3n) is 3.80. The van der Waals surface area contributed by atoms with E-state index in [-0.39, 0.29) is 5.91 Å². The number of ether oxygens (including phenoxy) is 1. The van der Waals surface area contributed by atoms with Gasteiger partial charge < -0.3 is 10.1 Å². The van der Waals surface area contributed by atoms with Gasteiger partial charge in [-0.15, -0.1) is 11.3 Å². The standard InChI is InChI=1S/C20H20N2O2S/c1-13-8-14(2)19(15(3)9-13)24-11-16-10-18(25-12-16)20(23)22-17-4-6-21-7-5-17/h4-10,12H,11H2,1-3H3,(H,21,22,23). The van der Waals surface area contributed by atoms with E-state index in [0.717, 1.165) is 28.1 Å². The van der Waals surface area contributed by atoms with Gasteiger partial charge >= 0.3 is 0 Å². The smallest absolute Gasteiger partial charge is 0.265 e. The van der Waals surface area contributed by atoms with Crippen LogP contribution in [0.15, 0.2) is 48.1 Å². The molecule has 2 heterocycles. The molecule has 0 fully saturated rings. The van der Waals surface area contributed by atoms with Gasteiger partial charge in [-0.2, -0.15) is 0 Å². The maximum atomic E-state index is 12.3. The van der Waals surface area contributed by atoms with Crippen LogP contribution in [-0.4, -0.2) is 10.9 Å². The maximum Gasteiger partial charge on any atom is 0.265 e. The Morgan fingerprint density at radius 1 is 1.12 bits per heavy atom. The predicted octanol–water partition coefficient (Wildman–Crippen LogP) is 4.90. The molecule has 1 amide bonds. The van der Waals surface area contributed by atoms with Crippen LogP contribution in [0.3, 0.4) is 0 Å². The Morgan fingerprint density at radius 3 is 2.48 bits per heavy atom. The summed E-state index contributed by atoms with van der Waals surface area (Å²) >= 11 is 1.42. The van der Waals surface area contributed by atoms with Crippen LogP contribution in [-0.2, 0) is 6.61 Å². The van der Waals surface area contributed by atoms with E-state index >= 15 is 0 Å². The first-order valence-corrected chi connectivity index (χ1v) is 8.90. The van der Waals surface area contributed by atoms with Gasteiger partial charge in [0.05, 0.1) is 4.88 Å². The summed E-state index contributed by atoms with van der Waals surface area (Å²) in [6.07, 6.45) is 3.30. The first-order valence-electron chi connectivity index (χ1n) is 8.02. The van der Waals surface area contributed by atoms with E-state index in [0.29, 0.717) is 11.5 Å². The Bertz CT molecular complexity index is 865. The van der Waals surface area contributed by atoms with E-state index in [2.05, 4.69) is 43.2 Å². The van der Waals surface area contributed by atoms with Crippen LogP contribution in [0.4, 0.5) is 5.69 Å². The summed E-state index contributed by atoms with van der Waals surface area (Å²) in [7, 11) is 0. The largest absolute Gasteiger partial charge is 0.488 e. The van der Waals surface area contributed by atoms with Crippen molar-refractivity contribution < 1.29 is 9.53 Å². The molecule has 25 heavy (non-hydrogen) atoms. The molecule has 5 heteroatoms. The molecule has 1 N–H and O–H groups in total. The van der Waals surface area contributed by atoms with Crippen molar-refractivity contribution in [2.75, 3.05) is 5.32 Å². The number of nitrogens with zero attached hydrogens (tertiary/aromatic N) is 1. The summed E-state index contributed by atoms with van der Waals surface area (Å²) in [5, 5.41) is 4.82. The lowest BCUT2D eigenvalue weighted by molar-refractivity contribution is 0.103. The van der Waals surface area contributed by atoms with Gasteiger partial charge in [-0.25, -0.2) is 0 Å². The summed E-state index contributed by atoms with van der Waals surface area (Å²) < 4.78 is 5.99. The minimum absolute atomic E-state index is 0.120. The molecular weight excluding hydrogens is 332 g/mol. The first-order chi connectivity index (χ1) is 12.0. The van der Waals surface area contributed by atoms with E-state index in [1.165, 1.54) is 16.9 Å². The average Bonchev–Trinajstić information content (AvgIpc) is 3.04. The maximum absolute atomic E-state index is 12.3. The molecule has 3 aromatic rings. The Morgan fingerprint density at radius 2 is 1.80 bits per heavy atom. The van der Waals surface area contributed by atoms with Crippen LogP contribution in [0.1, 0.15) is 31.9 Å². The second-order valence-electron chi connectivity index (χ2n) is 6.03. The fraction of sp³-hybridized carbons (Fsp3) is 0.200. The fourth-order valence-corrected chi connectivity index (χ4v) is 3.54. The Hall–Kier alpha value is -2.66. The normalized spacial score (nSPS) is 10.5. The highest BCUT2D eigenvalue weighted by atomic mass is 32.1. The van der Waals surface area contributed by atoms with Crippen molar-refractivity contribution in [3.8, 4) is 5.75 Å². The second-order valence-corrected chi connectivity index (χ2v) is 6.94. The van der Waals surface area contributed by atoms with Crippen molar-refractivity contribution in [3.05, 3.63) is 75.2 Å². The number of carbonyl (C=O) groups is 1. The molecule has 0 spiro atoms.